The molecule has 26 heavy (non-hydrogen) atoms. The summed E-state index contributed by atoms with van der Waals surface area (Å²) in [6.07, 6.45) is 0.710. The third-order valence-electron chi connectivity index (χ3n) is 4.08. The van der Waals surface area contributed by atoms with Crippen molar-refractivity contribution in [2.75, 3.05) is 13.7 Å². The summed E-state index contributed by atoms with van der Waals surface area (Å²) in [4.78, 5) is 12.6. The van der Waals surface area contributed by atoms with Crippen molar-refractivity contribution in [3.05, 3.63) is 70.4 Å². The number of halogens is 1. The highest BCUT2D eigenvalue weighted by Gasteiger charge is 2.22. The molecule has 1 amide bonds. The van der Waals surface area contributed by atoms with Gasteiger partial charge in [-0.25, -0.2) is 0 Å². The minimum Gasteiger partial charge on any atom is -0.497 e. The Bertz CT molecular complexity index is 904. The third kappa shape index (κ3) is 3.89. The van der Waals surface area contributed by atoms with Crippen LogP contribution < -0.4 is 10.1 Å². The van der Waals surface area contributed by atoms with Crippen molar-refractivity contribution >= 4 is 17.5 Å². The van der Waals surface area contributed by atoms with Crippen LogP contribution in [0.2, 0.25) is 5.02 Å². The van der Waals surface area contributed by atoms with E-state index in [1.165, 1.54) is 0 Å². The molecular weight excluding hydrogens is 352 g/mol. The molecule has 1 N–H and O–H groups in total. The molecule has 0 radical (unpaired) electrons. The van der Waals surface area contributed by atoms with Crippen LogP contribution in [0.15, 0.2) is 53.1 Å². The molecule has 0 atom stereocenters. The maximum Gasteiger partial charge on any atom is 0.257 e. The van der Waals surface area contributed by atoms with Crippen LogP contribution >= 0.6 is 11.6 Å². The Labute approximate surface area is 156 Å². The summed E-state index contributed by atoms with van der Waals surface area (Å²) in [5.74, 6) is 1.04. The first-order valence-electron chi connectivity index (χ1n) is 8.22. The molecule has 134 valence electrons. The Morgan fingerprint density at radius 2 is 1.92 bits per heavy atom. The van der Waals surface area contributed by atoms with Crippen molar-refractivity contribution in [2.24, 2.45) is 0 Å². The molecule has 3 rings (SSSR count). The normalized spacial score (nSPS) is 10.6. The monoisotopic (exact) mass is 370 g/mol. The van der Waals surface area contributed by atoms with Crippen LogP contribution in [-0.4, -0.2) is 24.7 Å². The summed E-state index contributed by atoms with van der Waals surface area (Å²) < 4.78 is 10.4. The predicted molar refractivity (Wildman–Crippen MR) is 101 cm³/mol. The van der Waals surface area contributed by atoms with Gasteiger partial charge in [0, 0.05) is 12.1 Å². The van der Waals surface area contributed by atoms with E-state index in [1.54, 1.807) is 20.1 Å². The molecule has 1 aromatic heterocycles. The van der Waals surface area contributed by atoms with E-state index in [2.05, 4.69) is 10.5 Å². The van der Waals surface area contributed by atoms with E-state index in [4.69, 9.17) is 20.9 Å². The average Bonchev–Trinajstić information content (AvgIpc) is 3.04. The van der Waals surface area contributed by atoms with Crippen molar-refractivity contribution < 1.29 is 14.1 Å². The minimum absolute atomic E-state index is 0.229. The van der Waals surface area contributed by atoms with Crippen molar-refractivity contribution in [3.8, 4) is 17.0 Å². The molecule has 2 aromatic carbocycles. The topological polar surface area (TPSA) is 64.4 Å². The first-order chi connectivity index (χ1) is 12.6. The second-order valence-corrected chi connectivity index (χ2v) is 6.20. The number of nitrogens with zero attached hydrogens (tertiary/aromatic N) is 1. The van der Waals surface area contributed by atoms with Gasteiger partial charge in [0.05, 0.1) is 12.1 Å². The van der Waals surface area contributed by atoms with Crippen LogP contribution in [0, 0.1) is 6.92 Å². The van der Waals surface area contributed by atoms with Crippen molar-refractivity contribution in [3.63, 3.8) is 0 Å². The average molecular weight is 371 g/mol. The van der Waals surface area contributed by atoms with Gasteiger partial charge < -0.3 is 14.6 Å². The smallest absolute Gasteiger partial charge is 0.257 e. The first kappa shape index (κ1) is 18.0. The fraction of sp³-hybridized carbons (Fsp3) is 0.200. The number of ether oxygens (including phenoxy) is 1. The Morgan fingerprint density at radius 3 is 2.62 bits per heavy atom. The van der Waals surface area contributed by atoms with Crippen LogP contribution in [0.3, 0.4) is 0 Å². The number of hydrogen-bond donors (Lipinski definition) is 1. The standard InChI is InChI=1S/C20H19ClN2O3/c1-13-18(19(23-26-13)16-5-3-4-6-17(16)21)20(24)22-12-11-14-7-9-15(25-2)10-8-14/h3-10H,11-12H2,1-2H3,(H,22,24). The summed E-state index contributed by atoms with van der Waals surface area (Å²) in [5, 5.41) is 7.46. The predicted octanol–water partition coefficient (Wildman–Crippen LogP) is 4.28. The Morgan fingerprint density at radius 1 is 1.19 bits per heavy atom. The molecule has 1 heterocycles. The van der Waals surface area contributed by atoms with Gasteiger partial charge in [-0.2, -0.15) is 0 Å². The molecule has 0 aliphatic carbocycles. The number of rotatable bonds is 6. The van der Waals surface area contributed by atoms with Gasteiger partial charge in [-0.3, -0.25) is 4.79 Å². The third-order valence-corrected chi connectivity index (χ3v) is 4.41. The van der Waals surface area contributed by atoms with Gasteiger partial charge >= 0.3 is 0 Å². The summed E-state index contributed by atoms with van der Waals surface area (Å²) in [6, 6.07) is 15.0. The lowest BCUT2D eigenvalue weighted by atomic mass is 10.1. The van der Waals surface area contributed by atoms with Crippen molar-refractivity contribution in [1.29, 1.82) is 0 Å². The maximum atomic E-state index is 12.6. The van der Waals surface area contributed by atoms with E-state index in [9.17, 15) is 4.79 Å². The largest absolute Gasteiger partial charge is 0.497 e. The van der Waals surface area contributed by atoms with Crippen molar-refractivity contribution in [1.82, 2.24) is 10.5 Å². The number of aromatic nitrogens is 1. The second kappa shape index (κ2) is 8.06. The number of carbonyl (C=O) groups is 1. The van der Waals surface area contributed by atoms with E-state index in [1.807, 2.05) is 42.5 Å². The fourth-order valence-electron chi connectivity index (χ4n) is 2.68. The molecule has 0 bridgehead atoms. The van der Waals surface area contributed by atoms with E-state index >= 15 is 0 Å². The number of hydrogen-bond acceptors (Lipinski definition) is 4. The van der Waals surface area contributed by atoms with Crippen molar-refractivity contribution in [2.45, 2.75) is 13.3 Å². The van der Waals surface area contributed by atoms with E-state index < -0.39 is 0 Å². The Hall–Kier alpha value is -2.79. The van der Waals surface area contributed by atoms with Crippen LogP contribution in [0.5, 0.6) is 5.75 Å². The molecule has 0 aliphatic rings. The van der Waals surface area contributed by atoms with Gasteiger partial charge in [-0.05, 0) is 37.1 Å². The summed E-state index contributed by atoms with van der Waals surface area (Å²) in [6.45, 7) is 2.21. The molecule has 3 aromatic rings. The molecule has 5 nitrogen and oxygen atoms in total. The van der Waals surface area contributed by atoms with Gasteiger partial charge in [0.25, 0.3) is 5.91 Å². The molecule has 0 saturated carbocycles. The lowest BCUT2D eigenvalue weighted by Crippen LogP contribution is -2.26. The quantitative estimate of drug-likeness (QED) is 0.703. The fourth-order valence-corrected chi connectivity index (χ4v) is 2.90. The molecule has 0 spiro atoms. The number of carbonyl (C=O) groups excluding carboxylic acids is 1. The number of amides is 1. The summed E-state index contributed by atoms with van der Waals surface area (Å²) in [7, 11) is 1.63. The van der Waals surface area contributed by atoms with Gasteiger partial charge in [-0.1, -0.05) is 47.1 Å². The van der Waals surface area contributed by atoms with Crippen LogP contribution in [-0.2, 0) is 6.42 Å². The van der Waals surface area contributed by atoms with E-state index in [0.29, 0.717) is 40.6 Å². The van der Waals surface area contributed by atoms with E-state index in [-0.39, 0.29) is 5.91 Å². The van der Waals surface area contributed by atoms with Crippen LogP contribution in [0.4, 0.5) is 0 Å². The molecule has 0 unspecified atom stereocenters. The zero-order valence-corrected chi connectivity index (χ0v) is 15.3. The van der Waals surface area contributed by atoms with E-state index in [0.717, 1.165) is 11.3 Å². The number of methoxy groups -OCH3 is 1. The molecule has 0 saturated heterocycles. The summed E-state index contributed by atoms with van der Waals surface area (Å²) >= 11 is 6.23. The number of benzene rings is 2. The molecule has 6 heteroatoms. The van der Waals surface area contributed by atoms with Gasteiger partial charge in [0.2, 0.25) is 0 Å². The second-order valence-electron chi connectivity index (χ2n) is 5.80. The van der Waals surface area contributed by atoms with Gasteiger partial charge in [0.15, 0.2) is 0 Å². The lowest BCUT2D eigenvalue weighted by Gasteiger charge is -2.07. The summed E-state index contributed by atoms with van der Waals surface area (Å²) in [5.41, 5.74) is 2.65. The molecule has 0 aliphatic heterocycles. The highest BCUT2D eigenvalue weighted by atomic mass is 35.5. The van der Waals surface area contributed by atoms with Gasteiger partial charge in [-0.15, -0.1) is 0 Å². The lowest BCUT2D eigenvalue weighted by molar-refractivity contribution is 0.0953. The van der Waals surface area contributed by atoms with Crippen LogP contribution in [0.25, 0.3) is 11.3 Å². The maximum absolute atomic E-state index is 12.6. The Balaban J connectivity index is 1.70. The molecular formula is C20H19ClN2O3. The Kier molecular flexibility index (Phi) is 5.58. The molecule has 0 fully saturated rings. The van der Waals surface area contributed by atoms with Crippen LogP contribution in [0.1, 0.15) is 21.7 Å². The number of aryl methyl sites for hydroxylation is 1. The highest BCUT2D eigenvalue weighted by Crippen LogP contribution is 2.30. The SMILES string of the molecule is COc1ccc(CCNC(=O)c2c(-c3ccccc3Cl)noc2C)cc1. The zero-order chi connectivity index (χ0) is 18.5. The highest BCUT2D eigenvalue weighted by molar-refractivity contribution is 6.33. The number of nitrogens with one attached hydrogen (secondary N) is 1. The minimum atomic E-state index is -0.229. The van der Waals surface area contributed by atoms with Gasteiger partial charge in [0.1, 0.15) is 22.8 Å². The zero-order valence-electron chi connectivity index (χ0n) is 14.6. The first-order valence-corrected chi connectivity index (χ1v) is 8.60.